The summed E-state index contributed by atoms with van der Waals surface area (Å²) in [5, 5.41) is 7.81. The SMILES string of the molecule is O=C(CSc1n[nH]c(=O)n1CC1CCCO1)N1CCN(c2cccc(Cl)c2)CC1. The van der Waals surface area contributed by atoms with E-state index < -0.39 is 0 Å². The molecule has 1 aromatic heterocycles. The van der Waals surface area contributed by atoms with E-state index in [4.69, 9.17) is 16.3 Å². The number of aromatic amines is 1. The minimum Gasteiger partial charge on any atom is -0.376 e. The fourth-order valence-electron chi connectivity index (χ4n) is 3.67. The average Bonchev–Trinajstić information content (AvgIpc) is 3.37. The van der Waals surface area contributed by atoms with Gasteiger partial charge in [0.05, 0.1) is 18.4 Å². The highest BCUT2D eigenvalue weighted by Crippen LogP contribution is 2.22. The first-order chi connectivity index (χ1) is 14.1. The molecule has 1 amide bonds. The largest absolute Gasteiger partial charge is 0.376 e. The first kappa shape index (κ1) is 20.3. The number of nitrogens with one attached hydrogen (secondary N) is 1. The third-order valence-electron chi connectivity index (χ3n) is 5.26. The van der Waals surface area contributed by atoms with Gasteiger partial charge in [-0.2, -0.15) is 0 Å². The lowest BCUT2D eigenvalue weighted by molar-refractivity contribution is -0.128. The number of carbonyl (C=O) groups excluding carboxylic acids is 1. The van der Waals surface area contributed by atoms with Crippen molar-refractivity contribution in [3.8, 4) is 0 Å². The molecule has 4 rings (SSSR count). The van der Waals surface area contributed by atoms with Crippen molar-refractivity contribution < 1.29 is 9.53 Å². The van der Waals surface area contributed by atoms with Crippen LogP contribution >= 0.6 is 23.4 Å². The van der Waals surface area contributed by atoms with Crippen molar-refractivity contribution in [1.29, 1.82) is 0 Å². The Morgan fingerprint density at radius 2 is 2.14 bits per heavy atom. The zero-order valence-corrected chi connectivity index (χ0v) is 17.6. The van der Waals surface area contributed by atoms with Crippen molar-refractivity contribution in [3.05, 3.63) is 39.8 Å². The van der Waals surface area contributed by atoms with Crippen molar-refractivity contribution >= 4 is 35.0 Å². The normalized spacial score (nSPS) is 19.7. The second-order valence-corrected chi connectivity index (χ2v) is 8.57. The highest BCUT2D eigenvalue weighted by molar-refractivity contribution is 7.99. The summed E-state index contributed by atoms with van der Waals surface area (Å²) in [4.78, 5) is 28.8. The smallest absolute Gasteiger partial charge is 0.344 e. The Morgan fingerprint density at radius 3 is 2.86 bits per heavy atom. The fraction of sp³-hybridized carbons (Fsp3) is 0.526. The van der Waals surface area contributed by atoms with Gasteiger partial charge in [0.1, 0.15) is 0 Å². The van der Waals surface area contributed by atoms with Gasteiger partial charge in [0.2, 0.25) is 5.91 Å². The van der Waals surface area contributed by atoms with Crippen LogP contribution in [0.25, 0.3) is 0 Å². The molecule has 2 aliphatic heterocycles. The number of carbonyl (C=O) groups is 1. The molecule has 2 fully saturated rings. The van der Waals surface area contributed by atoms with E-state index in [1.54, 1.807) is 4.57 Å². The maximum atomic E-state index is 12.6. The number of nitrogens with zero attached hydrogens (tertiary/aromatic N) is 4. The molecule has 3 heterocycles. The number of piperazine rings is 1. The second kappa shape index (κ2) is 9.23. The number of aromatic nitrogens is 3. The van der Waals surface area contributed by atoms with Crippen LogP contribution in [-0.4, -0.2) is 70.2 Å². The van der Waals surface area contributed by atoms with Crippen LogP contribution < -0.4 is 10.6 Å². The van der Waals surface area contributed by atoms with Crippen LogP contribution in [-0.2, 0) is 16.1 Å². The highest BCUT2D eigenvalue weighted by Gasteiger charge is 2.23. The first-order valence-corrected chi connectivity index (χ1v) is 11.1. The zero-order valence-electron chi connectivity index (χ0n) is 16.1. The number of benzene rings is 1. The number of thioether (sulfide) groups is 1. The summed E-state index contributed by atoms with van der Waals surface area (Å²) in [5.74, 6) is 0.312. The van der Waals surface area contributed by atoms with Crippen LogP contribution in [0.3, 0.4) is 0 Å². The molecule has 1 aromatic carbocycles. The van der Waals surface area contributed by atoms with Gasteiger partial charge in [-0.15, -0.1) is 5.10 Å². The molecule has 0 saturated carbocycles. The van der Waals surface area contributed by atoms with Gasteiger partial charge in [0.25, 0.3) is 0 Å². The van der Waals surface area contributed by atoms with Crippen molar-refractivity contribution in [2.24, 2.45) is 0 Å². The molecule has 2 aliphatic rings. The van der Waals surface area contributed by atoms with E-state index in [1.807, 2.05) is 29.2 Å². The Labute approximate surface area is 178 Å². The van der Waals surface area contributed by atoms with Crippen LogP contribution in [0, 0.1) is 0 Å². The van der Waals surface area contributed by atoms with E-state index in [-0.39, 0.29) is 23.5 Å². The maximum absolute atomic E-state index is 12.6. The Morgan fingerprint density at radius 1 is 1.31 bits per heavy atom. The standard InChI is InChI=1S/C19H24ClN5O3S/c20-14-3-1-4-15(11-14)23-6-8-24(9-7-23)17(26)13-29-19-22-21-18(27)25(19)12-16-5-2-10-28-16/h1,3-4,11,16H,2,5-10,12-13H2,(H,21,27). The van der Waals surface area contributed by atoms with Crippen molar-refractivity contribution in [1.82, 2.24) is 19.7 Å². The number of halogens is 1. The van der Waals surface area contributed by atoms with Gasteiger partial charge < -0.3 is 14.5 Å². The molecule has 0 aliphatic carbocycles. The molecule has 0 bridgehead atoms. The van der Waals surface area contributed by atoms with Crippen molar-refractivity contribution in [2.75, 3.05) is 43.4 Å². The molecule has 156 valence electrons. The number of rotatable bonds is 6. The van der Waals surface area contributed by atoms with Gasteiger partial charge in [-0.05, 0) is 31.0 Å². The van der Waals surface area contributed by atoms with Crippen molar-refractivity contribution in [2.45, 2.75) is 30.6 Å². The number of amides is 1. The quantitative estimate of drug-likeness (QED) is 0.694. The number of anilines is 1. The third-order valence-corrected chi connectivity index (χ3v) is 6.46. The van der Waals surface area contributed by atoms with Gasteiger partial charge in [0.15, 0.2) is 5.16 Å². The van der Waals surface area contributed by atoms with Gasteiger partial charge in [-0.3, -0.25) is 9.36 Å². The molecule has 1 N–H and O–H groups in total. The van der Waals surface area contributed by atoms with Crippen LogP contribution in [0.1, 0.15) is 12.8 Å². The van der Waals surface area contributed by atoms with Gasteiger partial charge in [-0.1, -0.05) is 29.4 Å². The molecule has 0 spiro atoms. The van der Waals surface area contributed by atoms with Gasteiger partial charge >= 0.3 is 5.69 Å². The molecule has 8 nitrogen and oxygen atoms in total. The van der Waals surface area contributed by atoms with E-state index in [1.165, 1.54) is 11.8 Å². The van der Waals surface area contributed by atoms with Crippen molar-refractivity contribution in [3.63, 3.8) is 0 Å². The second-order valence-electron chi connectivity index (χ2n) is 7.19. The van der Waals surface area contributed by atoms with E-state index in [2.05, 4.69) is 15.1 Å². The molecule has 2 saturated heterocycles. The number of ether oxygens (including phenoxy) is 1. The topological polar surface area (TPSA) is 83.5 Å². The van der Waals surface area contributed by atoms with Gasteiger partial charge in [-0.25, -0.2) is 9.89 Å². The first-order valence-electron chi connectivity index (χ1n) is 9.78. The lowest BCUT2D eigenvalue weighted by atomic mass is 10.2. The summed E-state index contributed by atoms with van der Waals surface area (Å²) in [5.41, 5.74) is 0.819. The number of hydrogen-bond acceptors (Lipinski definition) is 6. The van der Waals surface area contributed by atoms with E-state index in [0.29, 0.717) is 29.8 Å². The predicted octanol–water partition coefficient (Wildman–Crippen LogP) is 1.84. The molecule has 29 heavy (non-hydrogen) atoms. The monoisotopic (exact) mass is 437 g/mol. The Hall–Kier alpha value is -1.97. The van der Waals surface area contributed by atoms with Crippen LogP contribution in [0.4, 0.5) is 5.69 Å². The molecular formula is C19H24ClN5O3S. The van der Waals surface area contributed by atoms with E-state index in [9.17, 15) is 9.59 Å². The lowest BCUT2D eigenvalue weighted by Gasteiger charge is -2.36. The zero-order chi connectivity index (χ0) is 20.2. The van der Waals surface area contributed by atoms with E-state index in [0.717, 1.165) is 38.2 Å². The van der Waals surface area contributed by atoms with Crippen LogP contribution in [0.2, 0.25) is 5.02 Å². The van der Waals surface area contributed by atoms with Crippen LogP contribution in [0.5, 0.6) is 0 Å². The average molecular weight is 438 g/mol. The Bertz CT molecular complexity index is 903. The third kappa shape index (κ3) is 4.96. The highest BCUT2D eigenvalue weighted by atomic mass is 35.5. The lowest BCUT2D eigenvalue weighted by Crippen LogP contribution is -2.49. The molecular weight excluding hydrogens is 414 g/mol. The summed E-state index contributed by atoms with van der Waals surface area (Å²) in [7, 11) is 0. The molecule has 2 aromatic rings. The summed E-state index contributed by atoms with van der Waals surface area (Å²) in [6.45, 7) is 4.07. The molecule has 10 heteroatoms. The summed E-state index contributed by atoms with van der Waals surface area (Å²) in [6.07, 6.45) is 2.00. The van der Waals surface area contributed by atoms with E-state index >= 15 is 0 Å². The Balaban J connectivity index is 1.29. The molecule has 1 atom stereocenters. The number of H-pyrrole nitrogens is 1. The summed E-state index contributed by atoms with van der Waals surface area (Å²) < 4.78 is 7.19. The number of hydrogen-bond donors (Lipinski definition) is 1. The fourth-order valence-corrected chi connectivity index (χ4v) is 4.71. The maximum Gasteiger partial charge on any atom is 0.344 e. The van der Waals surface area contributed by atoms with Crippen LogP contribution in [0.15, 0.2) is 34.2 Å². The minimum absolute atomic E-state index is 0.0416. The minimum atomic E-state index is -0.259. The summed E-state index contributed by atoms with van der Waals surface area (Å²) in [6, 6.07) is 7.77. The van der Waals surface area contributed by atoms with Gasteiger partial charge in [0, 0.05) is 43.5 Å². The molecule has 1 unspecified atom stereocenters. The Kier molecular flexibility index (Phi) is 6.46. The predicted molar refractivity (Wildman–Crippen MR) is 113 cm³/mol. The summed E-state index contributed by atoms with van der Waals surface area (Å²) >= 11 is 7.37. The molecule has 0 radical (unpaired) electrons.